The quantitative estimate of drug-likeness (QED) is 0.915. The van der Waals surface area contributed by atoms with Gasteiger partial charge >= 0.3 is 0 Å². The van der Waals surface area contributed by atoms with E-state index in [1.54, 1.807) is 0 Å². The van der Waals surface area contributed by atoms with E-state index in [1.807, 2.05) is 7.05 Å². The third-order valence-corrected chi connectivity index (χ3v) is 5.91. The Morgan fingerprint density at radius 2 is 1.60 bits per heavy atom. The molecule has 0 amide bonds. The van der Waals surface area contributed by atoms with Gasteiger partial charge in [0.05, 0.1) is 0 Å². The number of rotatable bonds is 4. The first-order valence-corrected chi connectivity index (χ1v) is 8.29. The Morgan fingerprint density at radius 1 is 1.00 bits per heavy atom. The van der Waals surface area contributed by atoms with Crippen molar-refractivity contribution < 1.29 is 0 Å². The number of nitrogens with one attached hydrogen (secondary N) is 1. The highest BCUT2D eigenvalue weighted by Gasteiger charge is 2.49. The lowest BCUT2D eigenvalue weighted by Crippen LogP contribution is -2.44. The van der Waals surface area contributed by atoms with Crippen LogP contribution in [0.4, 0.5) is 0 Å². The average Bonchev–Trinajstić information content (AvgIpc) is 2.45. The molecule has 0 atom stereocenters. The third-order valence-electron chi connectivity index (χ3n) is 5.91. The molecule has 0 saturated heterocycles. The summed E-state index contributed by atoms with van der Waals surface area (Å²) >= 11 is 0. The van der Waals surface area contributed by atoms with Gasteiger partial charge in [0.2, 0.25) is 0 Å². The lowest BCUT2D eigenvalue weighted by Gasteiger charge is -2.53. The Labute approximate surface area is 121 Å². The second kappa shape index (κ2) is 5.10. The second-order valence-corrected chi connectivity index (χ2v) is 7.26. The molecule has 1 aromatic rings. The van der Waals surface area contributed by atoms with Crippen molar-refractivity contribution in [2.45, 2.75) is 44.4 Å². The second-order valence-electron chi connectivity index (χ2n) is 7.26. The van der Waals surface area contributed by atoms with Gasteiger partial charge in [-0.3, -0.25) is 0 Å². The Morgan fingerprint density at radius 3 is 2.15 bits per heavy atom. The van der Waals surface area contributed by atoms with Gasteiger partial charge in [0.25, 0.3) is 0 Å². The average molecular weight is 271 g/mol. The Hall–Kier alpha value is -0.960. The first kappa shape index (κ1) is 12.8. The summed E-state index contributed by atoms with van der Waals surface area (Å²) < 4.78 is 0. The van der Waals surface area contributed by atoms with E-state index in [-0.39, 0.29) is 0 Å². The number of hydrogen-bond donors (Lipinski definition) is 1. The first-order chi connectivity index (χ1) is 9.83. The molecule has 4 saturated carbocycles. The maximum Gasteiger partial charge on any atom is 0.131 e. The van der Waals surface area contributed by atoms with E-state index in [2.05, 4.69) is 17.7 Å². The number of likely N-dealkylation sites (N-methyl/N-ethyl adjacent to an activating group) is 1. The lowest BCUT2D eigenvalue weighted by atomic mass is 9.51. The van der Waals surface area contributed by atoms with Gasteiger partial charge in [0.1, 0.15) is 5.82 Å². The number of nitrogens with zero attached hydrogens (tertiary/aromatic N) is 2. The van der Waals surface area contributed by atoms with Crippen LogP contribution in [-0.2, 0) is 6.42 Å². The Balaban J connectivity index is 1.52. The molecule has 1 N–H and O–H groups in total. The highest BCUT2D eigenvalue weighted by atomic mass is 14.9. The zero-order valence-corrected chi connectivity index (χ0v) is 12.4. The molecule has 4 aliphatic rings. The lowest BCUT2D eigenvalue weighted by molar-refractivity contribution is -0.00567. The highest BCUT2D eigenvalue weighted by Crippen LogP contribution is 2.59. The van der Waals surface area contributed by atoms with Crippen molar-refractivity contribution >= 4 is 0 Å². The van der Waals surface area contributed by atoms with Crippen molar-refractivity contribution in [2.24, 2.45) is 23.7 Å². The Kier molecular flexibility index (Phi) is 3.25. The van der Waals surface area contributed by atoms with E-state index < -0.39 is 0 Å². The molecule has 0 spiro atoms. The molecule has 1 heterocycles. The van der Waals surface area contributed by atoms with Gasteiger partial charge in [0.15, 0.2) is 0 Å². The van der Waals surface area contributed by atoms with Crippen LogP contribution in [0.5, 0.6) is 0 Å². The van der Waals surface area contributed by atoms with Crippen LogP contribution in [0, 0.1) is 23.7 Å². The largest absolute Gasteiger partial charge is 0.319 e. The molecular weight excluding hydrogens is 246 g/mol. The molecule has 5 rings (SSSR count). The van der Waals surface area contributed by atoms with Crippen LogP contribution in [0.3, 0.4) is 0 Å². The predicted octanol–water partition coefficient (Wildman–Crippen LogP) is 2.78. The minimum absolute atomic E-state index is 0.668. The zero-order chi connectivity index (χ0) is 13.5. The van der Waals surface area contributed by atoms with Gasteiger partial charge < -0.3 is 5.32 Å². The fourth-order valence-electron chi connectivity index (χ4n) is 5.28. The molecule has 0 aromatic carbocycles. The maximum atomic E-state index is 4.74. The summed E-state index contributed by atoms with van der Waals surface area (Å²) in [5.74, 6) is 5.64. The molecule has 4 bridgehead atoms. The fourth-order valence-corrected chi connectivity index (χ4v) is 5.28. The molecule has 0 aliphatic heterocycles. The van der Waals surface area contributed by atoms with E-state index in [1.165, 1.54) is 37.7 Å². The van der Waals surface area contributed by atoms with Crippen LogP contribution >= 0.6 is 0 Å². The minimum Gasteiger partial charge on any atom is -0.319 e. The molecule has 1 aromatic heterocycles. The monoisotopic (exact) mass is 271 g/mol. The van der Waals surface area contributed by atoms with Gasteiger partial charge in [-0.25, -0.2) is 9.97 Å². The minimum atomic E-state index is 0.668. The van der Waals surface area contributed by atoms with Crippen molar-refractivity contribution in [3.63, 3.8) is 0 Å². The van der Waals surface area contributed by atoms with Crippen molar-refractivity contribution in [1.29, 1.82) is 0 Å². The number of hydrogen-bond acceptors (Lipinski definition) is 3. The van der Waals surface area contributed by atoms with E-state index in [0.29, 0.717) is 5.92 Å². The highest BCUT2D eigenvalue weighted by molar-refractivity contribution is 5.13. The standard InChI is InChI=1S/C17H25N3/c1-18-3-2-11-9-19-17(20-10-11)16-14-5-12-4-13(7-14)8-15(16)6-12/h9-10,12-16,18H,2-8H2,1H3. The summed E-state index contributed by atoms with van der Waals surface area (Å²) in [7, 11) is 1.99. The van der Waals surface area contributed by atoms with Crippen LogP contribution in [0.25, 0.3) is 0 Å². The van der Waals surface area contributed by atoms with Gasteiger partial charge in [-0.2, -0.15) is 0 Å². The summed E-state index contributed by atoms with van der Waals surface area (Å²) in [6.07, 6.45) is 12.5. The van der Waals surface area contributed by atoms with Crippen molar-refractivity contribution in [2.75, 3.05) is 13.6 Å². The van der Waals surface area contributed by atoms with E-state index in [4.69, 9.17) is 9.97 Å². The molecule has 0 radical (unpaired) electrons. The van der Waals surface area contributed by atoms with Gasteiger partial charge in [-0.15, -0.1) is 0 Å². The van der Waals surface area contributed by atoms with Crippen molar-refractivity contribution in [3.8, 4) is 0 Å². The van der Waals surface area contributed by atoms with Gasteiger partial charge in [0, 0.05) is 18.3 Å². The van der Waals surface area contributed by atoms with E-state index in [0.717, 1.165) is 42.5 Å². The third kappa shape index (κ3) is 2.16. The van der Waals surface area contributed by atoms with Crippen molar-refractivity contribution in [1.82, 2.24) is 15.3 Å². The van der Waals surface area contributed by atoms with Crippen LogP contribution in [0.2, 0.25) is 0 Å². The molecule has 0 unspecified atom stereocenters. The van der Waals surface area contributed by atoms with Gasteiger partial charge in [-0.1, -0.05) is 0 Å². The summed E-state index contributed by atoms with van der Waals surface area (Å²) in [6.45, 7) is 1.00. The Bertz CT molecular complexity index is 440. The number of aromatic nitrogens is 2. The first-order valence-electron chi connectivity index (χ1n) is 8.29. The molecule has 3 heteroatoms. The predicted molar refractivity (Wildman–Crippen MR) is 79.4 cm³/mol. The molecule has 108 valence electrons. The summed E-state index contributed by atoms with van der Waals surface area (Å²) in [5, 5.41) is 3.18. The van der Waals surface area contributed by atoms with Crippen LogP contribution in [0.15, 0.2) is 12.4 Å². The molecular formula is C17H25N3. The smallest absolute Gasteiger partial charge is 0.131 e. The summed E-state index contributed by atoms with van der Waals surface area (Å²) in [4.78, 5) is 9.48. The molecule has 20 heavy (non-hydrogen) atoms. The molecule has 3 nitrogen and oxygen atoms in total. The van der Waals surface area contributed by atoms with E-state index >= 15 is 0 Å². The zero-order valence-electron chi connectivity index (χ0n) is 12.4. The fraction of sp³-hybridized carbons (Fsp3) is 0.765. The molecule has 4 aliphatic carbocycles. The summed E-state index contributed by atoms with van der Waals surface area (Å²) in [5.41, 5.74) is 1.26. The van der Waals surface area contributed by atoms with Crippen molar-refractivity contribution in [3.05, 3.63) is 23.8 Å². The summed E-state index contributed by atoms with van der Waals surface area (Å²) in [6, 6.07) is 0. The van der Waals surface area contributed by atoms with Crippen LogP contribution in [-0.4, -0.2) is 23.6 Å². The maximum absolute atomic E-state index is 4.74. The van der Waals surface area contributed by atoms with Crippen LogP contribution < -0.4 is 5.32 Å². The molecule has 4 fully saturated rings. The van der Waals surface area contributed by atoms with Gasteiger partial charge in [-0.05, 0) is 81.4 Å². The van der Waals surface area contributed by atoms with Crippen LogP contribution in [0.1, 0.15) is 49.4 Å². The van der Waals surface area contributed by atoms with E-state index in [9.17, 15) is 0 Å². The SMILES string of the molecule is CNCCc1cnc(C2C3CC4CC(C3)CC2C4)nc1. The topological polar surface area (TPSA) is 37.8 Å². The normalized spacial score (nSPS) is 38.4.